The first kappa shape index (κ1) is 31.4. The summed E-state index contributed by atoms with van der Waals surface area (Å²) < 4.78 is 9.97. The molecule has 11 heteroatoms. The van der Waals surface area contributed by atoms with Crippen molar-refractivity contribution in [3.8, 4) is 11.1 Å². The second-order valence-corrected chi connectivity index (χ2v) is 10.6. The molecule has 0 spiro atoms. The molecule has 0 aromatic heterocycles. The molecule has 2 amide bonds. The van der Waals surface area contributed by atoms with Crippen molar-refractivity contribution >= 4 is 41.2 Å². The quantitative estimate of drug-likeness (QED) is 0.319. The molecule has 2 aromatic rings. The highest BCUT2D eigenvalue weighted by atomic mass is 35.5. The molecule has 0 bridgehead atoms. The molecule has 3 unspecified atom stereocenters. The number of benzene rings is 2. The molecule has 0 aliphatic rings. The summed E-state index contributed by atoms with van der Waals surface area (Å²) in [5.74, 6) is -1.67. The second-order valence-electron chi connectivity index (χ2n) is 9.73. The lowest BCUT2D eigenvalue weighted by molar-refractivity contribution is -0.160. The summed E-state index contributed by atoms with van der Waals surface area (Å²) in [5, 5.41) is 27.1. The van der Waals surface area contributed by atoms with Gasteiger partial charge in [-0.05, 0) is 75.9 Å². The van der Waals surface area contributed by atoms with Crippen LogP contribution in [0.1, 0.15) is 40.2 Å². The standard InChI is InChI=1S/C27H34Cl2N2O7/c1-6-37-25(35)23(33)22(32)21(31-24(34)15(2)30-26(36)38-27(3,4)5)11-16-7-9-17(10-8-16)18-12-19(28)14-20(29)13-18/h7-10,12-15,21-23,32-33H,6,11H2,1-5H3,(H,30,36)(H,31,34)/t15-,21?,22?,23?/m0/s1. The van der Waals surface area contributed by atoms with Gasteiger partial charge in [0.1, 0.15) is 17.7 Å². The topological polar surface area (TPSA) is 134 Å². The summed E-state index contributed by atoms with van der Waals surface area (Å²) in [7, 11) is 0. The van der Waals surface area contributed by atoms with Gasteiger partial charge >= 0.3 is 12.1 Å². The third-order valence-electron chi connectivity index (χ3n) is 5.32. The van der Waals surface area contributed by atoms with Crippen LogP contribution in [-0.2, 0) is 25.5 Å². The number of carbonyl (C=O) groups excluding carboxylic acids is 3. The summed E-state index contributed by atoms with van der Waals surface area (Å²) in [6.45, 7) is 8.07. The van der Waals surface area contributed by atoms with Gasteiger partial charge in [0, 0.05) is 10.0 Å². The monoisotopic (exact) mass is 568 g/mol. The van der Waals surface area contributed by atoms with E-state index in [0.717, 1.165) is 11.1 Å². The molecule has 208 valence electrons. The Hall–Kier alpha value is -2.85. The minimum absolute atomic E-state index is 0.00542. The van der Waals surface area contributed by atoms with E-state index in [0.29, 0.717) is 15.6 Å². The average molecular weight is 569 g/mol. The Labute approximate surface area is 232 Å². The van der Waals surface area contributed by atoms with Gasteiger partial charge in [-0.1, -0.05) is 47.5 Å². The molecule has 4 atom stereocenters. The van der Waals surface area contributed by atoms with Crippen LogP contribution in [0.4, 0.5) is 4.79 Å². The van der Waals surface area contributed by atoms with Gasteiger partial charge in [-0.3, -0.25) is 4.79 Å². The third kappa shape index (κ3) is 9.79. The first-order valence-electron chi connectivity index (χ1n) is 12.1. The fourth-order valence-corrected chi connectivity index (χ4v) is 4.04. The van der Waals surface area contributed by atoms with Crippen molar-refractivity contribution in [1.82, 2.24) is 10.6 Å². The zero-order valence-corrected chi connectivity index (χ0v) is 23.5. The zero-order chi connectivity index (χ0) is 28.6. The number of carbonyl (C=O) groups is 3. The first-order chi connectivity index (χ1) is 17.7. The smallest absolute Gasteiger partial charge is 0.408 e. The van der Waals surface area contributed by atoms with Gasteiger partial charge in [-0.25, -0.2) is 9.59 Å². The van der Waals surface area contributed by atoms with Crippen molar-refractivity contribution in [3.05, 3.63) is 58.1 Å². The number of ether oxygens (including phenoxy) is 2. The summed E-state index contributed by atoms with van der Waals surface area (Å²) >= 11 is 12.2. The molecular weight excluding hydrogens is 535 g/mol. The molecule has 0 fully saturated rings. The Bertz CT molecular complexity index is 1100. The summed E-state index contributed by atoms with van der Waals surface area (Å²) in [6, 6.07) is 10.2. The van der Waals surface area contributed by atoms with E-state index >= 15 is 0 Å². The Morgan fingerprint density at radius 2 is 1.53 bits per heavy atom. The van der Waals surface area contributed by atoms with Gasteiger partial charge in [0.15, 0.2) is 6.10 Å². The molecule has 0 heterocycles. The molecule has 0 radical (unpaired) electrons. The number of amides is 2. The van der Waals surface area contributed by atoms with Crippen LogP contribution in [-0.4, -0.2) is 64.7 Å². The van der Waals surface area contributed by atoms with Crippen LogP contribution in [0.15, 0.2) is 42.5 Å². The normalized spacial score (nSPS) is 14.6. The van der Waals surface area contributed by atoms with Gasteiger partial charge in [0.05, 0.1) is 12.6 Å². The molecule has 0 saturated carbocycles. The maximum atomic E-state index is 12.9. The molecule has 38 heavy (non-hydrogen) atoms. The highest BCUT2D eigenvalue weighted by molar-refractivity contribution is 6.35. The van der Waals surface area contributed by atoms with E-state index in [9.17, 15) is 24.6 Å². The van der Waals surface area contributed by atoms with E-state index in [4.69, 9.17) is 32.7 Å². The lowest BCUT2D eigenvalue weighted by atomic mass is 9.95. The zero-order valence-electron chi connectivity index (χ0n) is 22.0. The van der Waals surface area contributed by atoms with Gasteiger partial charge in [-0.2, -0.15) is 0 Å². The number of alkyl carbamates (subject to hydrolysis) is 1. The first-order valence-corrected chi connectivity index (χ1v) is 12.8. The van der Waals surface area contributed by atoms with Gasteiger partial charge in [0.2, 0.25) is 5.91 Å². The molecule has 9 nitrogen and oxygen atoms in total. The summed E-state index contributed by atoms with van der Waals surface area (Å²) in [6.07, 6.45) is -4.33. The van der Waals surface area contributed by atoms with Crippen LogP contribution in [0.5, 0.6) is 0 Å². The minimum atomic E-state index is -1.90. The van der Waals surface area contributed by atoms with Crippen LogP contribution in [0.25, 0.3) is 11.1 Å². The number of nitrogens with one attached hydrogen (secondary N) is 2. The van der Waals surface area contributed by atoms with Crippen LogP contribution in [0.2, 0.25) is 10.0 Å². The highest BCUT2D eigenvalue weighted by Gasteiger charge is 2.34. The molecule has 2 rings (SSSR count). The SMILES string of the molecule is CCOC(=O)C(O)C(O)C(Cc1ccc(-c2cc(Cl)cc(Cl)c2)cc1)NC(=O)[C@H](C)NC(=O)OC(C)(C)C. The highest BCUT2D eigenvalue weighted by Crippen LogP contribution is 2.27. The number of hydrogen-bond acceptors (Lipinski definition) is 7. The minimum Gasteiger partial charge on any atom is -0.464 e. The third-order valence-corrected chi connectivity index (χ3v) is 5.76. The van der Waals surface area contributed by atoms with Crippen molar-refractivity contribution in [3.63, 3.8) is 0 Å². The Kier molecular flexibility index (Phi) is 11.4. The van der Waals surface area contributed by atoms with Gasteiger partial charge < -0.3 is 30.3 Å². The van der Waals surface area contributed by atoms with Crippen molar-refractivity contribution in [2.24, 2.45) is 0 Å². The molecule has 0 saturated heterocycles. The van der Waals surface area contributed by atoms with E-state index < -0.39 is 47.9 Å². The number of aliphatic hydroxyl groups excluding tert-OH is 2. The van der Waals surface area contributed by atoms with Crippen molar-refractivity contribution < 1.29 is 34.1 Å². The summed E-state index contributed by atoms with van der Waals surface area (Å²) in [4.78, 5) is 37.0. The lowest BCUT2D eigenvalue weighted by Gasteiger charge is -2.28. The van der Waals surface area contributed by atoms with Crippen molar-refractivity contribution in [1.29, 1.82) is 0 Å². The Morgan fingerprint density at radius 3 is 2.05 bits per heavy atom. The summed E-state index contributed by atoms with van der Waals surface area (Å²) in [5.41, 5.74) is 1.57. The van der Waals surface area contributed by atoms with E-state index in [2.05, 4.69) is 10.6 Å². The number of hydrogen-bond donors (Lipinski definition) is 4. The number of aliphatic hydroxyl groups is 2. The Morgan fingerprint density at radius 1 is 0.947 bits per heavy atom. The predicted molar refractivity (Wildman–Crippen MR) is 145 cm³/mol. The molecule has 0 aliphatic carbocycles. The van der Waals surface area contributed by atoms with Gasteiger partial charge in [0.25, 0.3) is 0 Å². The molecule has 2 aromatic carbocycles. The maximum Gasteiger partial charge on any atom is 0.408 e. The molecule has 4 N–H and O–H groups in total. The molecule has 0 aliphatic heterocycles. The molecular formula is C27H34Cl2N2O7. The van der Waals surface area contributed by atoms with Crippen LogP contribution < -0.4 is 10.6 Å². The van der Waals surface area contributed by atoms with Gasteiger partial charge in [-0.15, -0.1) is 0 Å². The van der Waals surface area contributed by atoms with Crippen LogP contribution in [0, 0.1) is 0 Å². The van der Waals surface area contributed by atoms with E-state index in [-0.39, 0.29) is 13.0 Å². The van der Waals surface area contributed by atoms with Crippen molar-refractivity contribution in [2.45, 2.75) is 70.9 Å². The van der Waals surface area contributed by atoms with E-state index in [1.807, 2.05) is 12.1 Å². The number of halogens is 2. The van der Waals surface area contributed by atoms with E-state index in [1.54, 1.807) is 58.0 Å². The maximum absolute atomic E-state index is 12.9. The fourth-order valence-electron chi connectivity index (χ4n) is 3.51. The number of esters is 1. The second kappa shape index (κ2) is 13.8. The van der Waals surface area contributed by atoms with E-state index in [1.165, 1.54) is 6.92 Å². The fraction of sp³-hybridized carbons (Fsp3) is 0.444. The predicted octanol–water partition coefficient (Wildman–Crippen LogP) is 3.89. The largest absolute Gasteiger partial charge is 0.464 e. The average Bonchev–Trinajstić information content (AvgIpc) is 2.81. The lowest BCUT2D eigenvalue weighted by Crippen LogP contribution is -2.56. The van der Waals surface area contributed by atoms with Crippen molar-refractivity contribution in [2.75, 3.05) is 6.61 Å². The Balaban J connectivity index is 2.22. The van der Waals surface area contributed by atoms with Crippen LogP contribution in [0.3, 0.4) is 0 Å². The number of rotatable bonds is 10. The van der Waals surface area contributed by atoms with Crippen LogP contribution >= 0.6 is 23.2 Å².